The van der Waals surface area contributed by atoms with Gasteiger partial charge in [-0.25, -0.2) is 4.98 Å². The number of aryl methyl sites for hydroxylation is 1. The molecule has 1 aromatic carbocycles. The number of hydrogen-bond donors (Lipinski definition) is 2. The summed E-state index contributed by atoms with van der Waals surface area (Å²) < 4.78 is 5.51. The van der Waals surface area contributed by atoms with E-state index in [1.807, 2.05) is 12.1 Å². The van der Waals surface area contributed by atoms with Crippen molar-refractivity contribution in [2.75, 3.05) is 0 Å². The Labute approximate surface area is 153 Å². The van der Waals surface area contributed by atoms with Crippen molar-refractivity contribution < 1.29 is 52.4 Å². The Kier molecular flexibility index (Phi) is 7.65. The molecule has 0 fully saturated rings. The van der Waals surface area contributed by atoms with E-state index in [4.69, 9.17) is 14.6 Å². The average molecular weight is 374 g/mol. The Morgan fingerprint density at radius 2 is 2.14 bits per heavy atom. The van der Waals surface area contributed by atoms with Crippen molar-refractivity contribution in [1.82, 2.24) is 9.97 Å². The zero-order valence-electron chi connectivity index (χ0n) is 12.1. The maximum atomic E-state index is 9.76. The molecule has 2 N–H and O–H groups in total. The Balaban J connectivity index is 0.000000436. The van der Waals surface area contributed by atoms with Crippen LogP contribution in [0.3, 0.4) is 0 Å². The molecule has 1 aliphatic rings. The van der Waals surface area contributed by atoms with Crippen molar-refractivity contribution in [1.29, 1.82) is 0 Å². The number of carboxylic acids is 1. The number of carboxylic acid groups (broad SMARTS) is 1. The van der Waals surface area contributed by atoms with Crippen LogP contribution in [0.25, 0.3) is 0 Å². The van der Waals surface area contributed by atoms with Crippen molar-refractivity contribution in [2.45, 2.75) is 19.7 Å². The monoisotopic (exact) mass is 374 g/mol. The summed E-state index contributed by atoms with van der Waals surface area (Å²) in [7, 11) is 0. The molecule has 6 nitrogen and oxygen atoms in total. The first-order valence-electron chi connectivity index (χ1n) is 6.43. The van der Waals surface area contributed by atoms with Crippen LogP contribution < -0.4 is 10.2 Å². The first-order chi connectivity index (χ1) is 10.1. The fraction of sp³-hybridized carbons (Fsp3) is 0.214. The number of ether oxygens (including phenoxy) is 1. The standard InChI is InChI=1S/C12H10BN2O2.C2H4O2.Y/c16-13-4-3-9-1-2-10(7-11(9)13)17-12-8-14-5-6-15-12;1-2(3)4;/h1-2,5-6,8,16H,3-4H2;1H3,(H,3,4);/q-1;;. The van der Waals surface area contributed by atoms with Crippen LogP contribution in [0.4, 0.5) is 0 Å². The number of fused-ring (bicyclic) bond motifs is 1. The van der Waals surface area contributed by atoms with E-state index < -0.39 is 12.9 Å². The third kappa shape index (κ3) is 5.48. The molecule has 1 aromatic heterocycles. The first-order valence-corrected chi connectivity index (χ1v) is 6.43. The predicted molar refractivity (Wildman–Crippen MR) is 76.8 cm³/mol. The molecule has 22 heavy (non-hydrogen) atoms. The van der Waals surface area contributed by atoms with Crippen molar-refractivity contribution in [3.63, 3.8) is 0 Å². The van der Waals surface area contributed by atoms with E-state index in [1.165, 1.54) is 6.20 Å². The zero-order chi connectivity index (χ0) is 15.2. The topological polar surface area (TPSA) is 92.5 Å². The fourth-order valence-corrected chi connectivity index (χ4v) is 1.98. The van der Waals surface area contributed by atoms with Crippen LogP contribution in [-0.2, 0) is 43.9 Å². The second-order valence-electron chi connectivity index (χ2n) is 4.48. The normalized spacial score (nSPS) is 11.6. The van der Waals surface area contributed by atoms with Crippen LogP contribution in [0.5, 0.6) is 11.6 Å². The van der Waals surface area contributed by atoms with Gasteiger partial charge in [0, 0.05) is 57.8 Å². The van der Waals surface area contributed by atoms with Gasteiger partial charge in [0.25, 0.3) is 12.9 Å². The molecule has 0 spiro atoms. The third-order valence-electron chi connectivity index (χ3n) is 2.81. The van der Waals surface area contributed by atoms with E-state index in [9.17, 15) is 5.02 Å². The molecule has 0 bridgehead atoms. The van der Waals surface area contributed by atoms with Crippen LogP contribution in [0.2, 0.25) is 6.32 Å². The zero-order valence-corrected chi connectivity index (χ0v) is 14.9. The summed E-state index contributed by atoms with van der Waals surface area (Å²) in [5.41, 5.74) is 1.98. The summed E-state index contributed by atoms with van der Waals surface area (Å²) in [6, 6.07) is 6.89. The summed E-state index contributed by atoms with van der Waals surface area (Å²) >= 11 is 0. The minimum absolute atomic E-state index is 0. The van der Waals surface area contributed by atoms with Gasteiger partial charge in [-0.1, -0.05) is 12.7 Å². The molecular weight excluding hydrogens is 360 g/mol. The summed E-state index contributed by atoms with van der Waals surface area (Å²) in [4.78, 5) is 16.9. The van der Waals surface area contributed by atoms with Gasteiger partial charge >= 0.3 is 0 Å². The molecule has 1 aliphatic heterocycles. The van der Waals surface area contributed by atoms with E-state index in [0.29, 0.717) is 11.6 Å². The van der Waals surface area contributed by atoms with Crippen molar-refractivity contribution in [3.05, 3.63) is 42.4 Å². The van der Waals surface area contributed by atoms with Crippen molar-refractivity contribution >= 4 is 18.3 Å². The van der Waals surface area contributed by atoms with Gasteiger partial charge in [0.1, 0.15) is 0 Å². The maximum absolute atomic E-state index is 9.76. The number of aromatic nitrogens is 2. The number of carbonyl (C=O) groups is 1. The number of nitrogens with zero attached hydrogens (tertiary/aromatic N) is 2. The molecule has 0 atom stereocenters. The number of benzene rings is 1. The predicted octanol–water partition coefficient (Wildman–Crippen LogP) is 0.904. The number of hydrogen-bond acceptors (Lipinski definition) is 5. The quantitative estimate of drug-likeness (QED) is 0.600. The van der Waals surface area contributed by atoms with Gasteiger partial charge in [-0.2, -0.15) is 17.1 Å². The van der Waals surface area contributed by atoms with Gasteiger partial charge in [-0.3, -0.25) is 9.78 Å². The Hall–Kier alpha value is -1.30. The molecule has 111 valence electrons. The summed E-state index contributed by atoms with van der Waals surface area (Å²) in [5.74, 6) is 0.154. The van der Waals surface area contributed by atoms with Gasteiger partial charge in [0.15, 0.2) is 0 Å². The van der Waals surface area contributed by atoms with Gasteiger partial charge in [0.05, 0.1) is 6.20 Å². The Morgan fingerprint density at radius 3 is 2.77 bits per heavy atom. The SMILES string of the molecule is CC(=O)O.OB1CCc2ccc(Oc3cnccn3)[c-]c21.[Y]. The second-order valence-corrected chi connectivity index (χ2v) is 4.48. The van der Waals surface area contributed by atoms with Crippen LogP contribution in [0, 0.1) is 6.07 Å². The molecule has 1 radical (unpaired) electrons. The van der Waals surface area contributed by atoms with Crippen LogP contribution >= 0.6 is 0 Å². The second kappa shape index (κ2) is 8.98. The smallest absolute Gasteiger partial charge is 0.300 e. The summed E-state index contributed by atoms with van der Waals surface area (Å²) in [6.07, 6.45) is 6.36. The molecule has 3 rings (SSSR count). The molecule has 0 saturated carbocycles. The molecule has 2 aromatic rings. The molecular formula is C14H14BN2O4Y-. The molecule has 0 saturated heterocycles. The number of aliphatic carboxylic acids is 1. The van der Waals surface area contributed by atoms with Crippen LogP contribution in [0.1, 0.15) is 12.5 Å². The van der Waals surface area contributed by atoms with E-state index >= 15 is 0 Å². The van der Waals surface area contributed by atoms with E-state index in [0.717, 1.165) is 30.7 Å². The third-order valence-corrected chi connectivity index (χ3v) is 2.81. The van der Waals surface area contributed by atoms with Gasteiger partial charge in [-0.05, 0) is 0 Å². The average Bonchev–Trinajstić information content (AvgIpc) is 2.81. The van der Waals surface area contributed by atoms with E-state index in [2.05, 4.69) is 16.0 Å². The number of rotatable bonds is 2. The van der Waals surface area contributed by atoms with Crippen molar-refractivity contribution in [3.8, 4) is 11.6 Å². The van der Waals surface area contributed by atoms with E-state index in [-0.39, 0.29) is 32.7 Å². The van der Waals surface area contributed by atoms with Crippen molar-refractivity contribution in [2.24, 2.45) is 0 Å². The van der Waals surface area contributed by atoms with Gasteiger partial charge in [-0.15, -0.1) is 12.1 Å². The minimum atomic E-state index is -0.833. The van der Waals surface area contributed by atoms with Gasteiger partial charge < -0.3 is 14.9 Å². The Morgan fingerprint density at radius 1 is 1.41 bits per heavy atom. The molecule has 0 unspecified atom stereocenters. The largest absolute Gasteiger partial charge is 0.481 e. The van der Waals surface area contributed by atoms with Crippen LogP contribution in [0.15, 0.2) is 30.7 Å². The first kappa shape index (κ1) is 18.7. The molecule has 8 heteroatoms. The van der Waals surface area contributed by atoms with E-state index in [1.54, 1.807) is 12.4 Å². The summed E-state index contributed by atoms with van der Waals surface area (Å²) in [6.45, 7) is 0.662. The Bertz CT molecular complexity index is 623. The maximum Gasteiger partial charge on any atom is 0.300 e. The summed E-state index contributed by atoms with van der Waals surface area (Å²) in [5, 5.41) is 17.2. The fourth-order valence-electron chi connectivity index (χ4n) is 1.98. The van der Waals surface area contributed by atoms with Crippen LogP contribution in [-0.4, -0.2) is 33.0 Å². The minimum Gasteiger partial charge on any atom is -0.481 e. The van der Waals surface area contributed by atoms with Gasteiger partial charge in [0.2, 0.25) is 5.88 Å². The molecule has 0 aliphatic carbocycles. The molecule has 2 heterocycles. The molecule has 0 amide bonds.